The molecule has 2 heterocycles. The molecule has 0 atom stereocenters. The van der Waals surface area contributed by atoms with Crippen LogP contribution >= 0.6 is 0 Å². The smallest absolute Gasteiger partial charge is 0.0615 e. The second-order valence-corrected chi connectivity index (χ2v) is 13.8. The third-order valence-electron chi connectivity index (χ3n) is 8.76. The standard InChI is InChI=1S/C43H27N3Se/c1-4-13-28(14-5-1)33-20-11-23-37-36-26-25-31(27-39(36)47-40(33)37)32-19-10-22-35-34(32)21-12-24-38(35)43-45-41(29-15-6-2-7-16-29)44-42(46-43)30-17-8-3-9-18-30/h1-27H. The first-order chi connectivity index (χ1) is 23.3. The molecule has 0 saturated heterocycles. The molecule has 9 aromatic rings. The number of benzene rings is 7. The summed E-state index contributed by atoms with van der Waals surface area (Å²) in [6.07, 6.45) is 0. The molecular weight excluding hydrogens is 637 g/mol. The molecule has 0 radical (unpaired) electrons. The zero-order chi connectivity index (χ0) is 31.2. The van der Waals surface area contributed by atoms with Crippen molar-refractivity contribution in [1.82, 2.24) is 15.0 Å². The molecule has 0 aliphatic rings. The molecule has 0 spiro atoms. The van der Waals surface area contributed by atoms with Crippen LogP contribution in [0.1, 0.15) is 0 Å². The maximum absolute atomic E-state index is 5.04. The first-order valence-electron chi connectivity index (χ1n) is 15.7. The second kappa shape index (κ2) is 11.6. The summed E-state index contributed by atoms with van der Waals surface area (Å²) in [5.74, 6) is 2.00. The third-order valence-corrected chi connectivity index (χ3v) is 11.3. The summed E-state index contributed by atoms with van der Waals surface area (Å²) in [7, 11) is 0. The van der Waals surface area contributed by atoms with Gasteiger partial charge in [0.2, 0.25) is 0 Å². The molecule has 0 bridgehead atoms. The molecule has 9 rings (SSSR count). The molecule has 4 heteroatoms. The minimum atomic E-state index is 0.218. The summed E-state index contributed by atoms with van der Waals surface area (Å²) >= 11 is 0.218. The SMILES string of the molecule is c1ccc(-c2nc(-c3ccccc3)nc(-c3cccc4c(-c5ccc6c(c5)[se]c5c(-c7ccccc7)cccc56)cccc34)n2)cc1. The van der Waals surface area contributed by atoms with E-state index < -0.39 is 0 Å². The van der Waals surface area contributed by atoms with Gasteiger partial charge in [0.15, 0.2) is 0 Å². The Balaban J connectivity index is 1.20. The molecule has 0 aliphatic carbocycles. The zero-order valence-electron chi connectivity index (χ0n) is 25.3. The van der Waals surface area contributed by atoms with Crippen LogP contribution in [0.25, 0.3) is 86.5 Å². The number of hydrogen-bond acceptors (Lipinski definition) is 3. The Bertz CT molecular complexity index is 2500. The van der Waals surface area contributed by atoms with Crippen LogP contribution in [-0.4, -0.2) is 29.5 Å². The van der Waals surface area contributed by atoms with Crippen LogP contribution in [0, 0.1) is 0 Å². The van der Waals surface area contributed by atoms with Gasteiger partial charge in [-0.05, 0) is 0 Å². The number of fused-ring (bicyclic) bond motifs is 4. The average molecular weight is 665 g/mol. The van der Waals surface area contributed by atoms with Gasteiger partial charge in [0, 0.05) is 0 Å². The summed E-state index contributed by atoms with van der Waals surface area (Å²) in [6, 6.07) is 57.8. The van der Waals surface area contributed by atoms with Gasteiger partial charge in [0.05, 0.1) is 0 Å². The Morgan fingerprint density at radius 3 is 1.47 bits per heavy atom. The molecule has 0 aliphatic heterocycles. The van der Waals surface area contributed by atoms with Gasteiger partial charge in [0.1, 0.15) is 0 Å². The van der Waals surface area contributed by atoms with E-state index in [2.05, 4.69) is 103 Å². The first kappa shape index (κ1) is 27.6. The van der Waals surface area contributed by atoms with Crippen LogP contribution in [0.3, 0.4) is 0 Å². The van der Waals surface area contributed by atoms with Crippen LogP contribution in [0.5, 0.6) is 0 Å². The van der Waals surface area contributed by atoms with Gasteiger partial charge in [-0.1, -0.05) is 36.4 Å². The van der Waals surface area contributed by atoms with Crippen molar-refractivity contribution in [2.75, 3.05) is 0 Å². The van der Waals surface area contributed by atoms with E-state index >= 15 is 0 Å². The second-order valence-electron chi connectivity index (χ2n) is 11.6. The molecule has 0 N–H and O–H groups in total. The normalized spacial score (nSPS) is 11.4. The van der Waals surface area contributed by atoms with Gasteiger partial charge in [-0.2, -0.15) is 0 Å². The van der Waals surface area contributed by atoms with Crippen molar-refractivity contribution < 1.29 is 0 Å². The monoisotopic (exact) mass is 665 g/mol. The Kier molecular flexibility index (Phi) is 6.82. The van der Waals surface area contributed by atoms with Gasteiger partial charge in [-0.15, -0.1) is 0 Å². The van der Waals surface area contributed by atoms with Gasteiger partial charge in [0.25, 0.3) is 0 Å². The quantitative estimate of drug-likeness (QED) is 0.172. The Hall–Kier alpha value is -5.67. The van der Waals surface area contributed by atoms with Crippen molar-refractivity contribution in [3.8, 4) is 56.4 Å². The fourth-order valence-corrected chi connectivity index (χ4v) is 9.18. The molecule has 0 fully saturated rings. The number of rotatable bonds is 5. The molecular formula is C43H27N3Se. The van der Waals surface area contributed by atoms with Gasteiger partial charge in [-0.3, -0.25) is 0 Å². The summed E-state index contributed by atoms with van der Waals surface area (Å²) < 4.78 is 2.90. The van der Waals surface area contributed by atoms with Crippen molar-refractivity contribution >= 4 is 44.6 Å². The number of nitrogens with zero attached hydrogens (tertiary/aromatic N) is 3. The molecule has 2 aromatic heterocycles. The van der Waals surface area contributed by atoms with Gasteiger partial charge < -0.3 is 0 Å². The molecule has 0 unspecified atom stereocenters. The van der Waals surface area contributed by atoms with Crippen molar-refractivity contribution in [2.45, 2.75) is 0 Å². The van der Waals surface area contributed by atoms with Crippen LogP contribution < -0.4 is 0 Å². The summed E-state index contributed by atoms with van der Waals surface area (Å²) in [5.41, 5.74) is 7.99. The van der Waals surface area contributed by atoms with E-state index in [1.165, 1.54) is 46.9 Å². The Morgan fingerprint density at radius 2 is 0.830 bits per heavy atom. The molecule has 47 heavy (non-hydrogen) atoms. The number of aromatic nitrogens is 3. The van der Waals surface area contributed by atoms with Crippen LogP contribution in [0.4, 0.5) is 0 Å². The van der Waals surface area contributed by atoms with Crippen molar-refractivity contribution in [2.24, 2.45) is 0 Å². The Morgan fingerprint density at radius 1 is 0.319 bits per heavy atom. The third kappa shape index (κ3) is 4.96. The fourth-order valence-electron chi connectivity index (χ4n) is 6.50. The van der Waals surface area contributed by atoms with E-state index in [1.54, 1.807) is 0 Å². The summed E-state index contributed by atoms with van der Waals surface area (Å²) in [6.45, 7) is 0. The maximum atomic E-state index is 5.04. The van der Waals surface area contributed by atoms with Gasteiger partial charge >= 0.3 is 243 Å². The predicted molar refractivity (Wildman–Crippen MR) is 196 cm³/mol. The van der Waals surface area contributed by atoms with E-state index in [0.29, 0.717) is 17.5 Å². The van der Waals surface area contributed by atoms with E-state index in [4.69, 9.17) is 15.0 Å². The van der Waals surface area contributed by atoms with E-state index in [0.717, 1.165) is 22.1 Å². The average Bonchev–Trinajstić information content (AvgIpc) is 3.53. The minimum Gasteiger partial charge on any atom is -0.0615 e. The van der Waals surface area contributed by atoms with Crippen LogP contribution in [-0.2, 0) is 0 Å². The first-order valence-corrected chi connectivity index (χ1v) is 17.4. The van der Waals surface area contributed by atoms with Crippen molar-refractivity contribution in [1.29, 1.82) is 0 Å². The molecule has 0 amide bonds. The van der Waals surface area contributed by atoms with Crippen LogP contribution in [0.15, 0.2) is 164 Å². The van der Waals surface area contributed by atoms with Crippen molar-refractivity contribution in [3.05, 3.63) is 164 Å². The van der Waals surface area contributed by atoms with E-state index in [9.17, 15) is 0 Å². The van der Waals surface area contributed by atoms with Crippen molar-refractivity contribution in [3.63, 3.8) is 0 Å². The summed E-state index contributed by atoms with van der Waals surface area (Å²) in [5, 5.41) is 5.02. The minimum absolute atomic E-state index is 0.218. The molecule has 0 saturated carbocycles. The van der Waals surface area contributed by atoms with Crippen LogP contribution in [0.2, 0.25) is 0 Å². The number of hydrogen-bond donors (Lipinski definition) is 0. The zero-order valence-corrected chi connectivity index (χ0v) is 27.1. The molecule has 3 nitrogen and oxygen atoms in total. The van der Waals surface area contributed by atoms with E-state index in [-0.39, 0.29) is 14.5 Å². The van der Waals surface area contributed by atoms with Gasteiger partial charge in [-0.25, -0.2) is 0 Å². The predicted octanol–water partition coefficient (Wildman–Crippen LogP) is 10.7. The van der Waals surface area contributed by atoms with E-state index in [1.807, 2.05) is 60.7 Å². The topological polar surface area (TPSA) is 38.7 Å². The molecule has 220 valence electrons. The summed E-state index contributed by atoms with van der Waals surface area (Å²) in [4.78, 5) is 15.0. The fraction of sp³-hybridized carbons (Fsp3) is 0. The molecule has 7 aromatic carbocycles. The Labute approximate surface area is 278 Å².